The number of aromatic nitrogens is 1. The van der Waals surface area contributed by atoms with Gasteiger partial charge in [-0.05, 0) is 44.4 Å². The van der Waals surface area contributed by atoms with E-state index in [2.05, 4.69) is 50.5 Å². The molecule has 0 aliphatic rings. The Balaban J connectivity index is 2.69. The number of aromatic carboxylic acids is 1. The highest BCUT2D eigenvalue weighted by molar-refractivity contribution is 5.91. The standard InChI is InChI=1S/C18H23NO2/c1-11(2)10-19-14(5)16(18(20)21)9-17(19)15-8-12(3)6-7-13(15)4/h6-9,11H,10H2,1-5H3,(H,20,21). The van der Waals surface area contributed by atoms with Gasteiger partial charge in [0, 0.05) is 23.5 Å². The molecule has 0 radical (unpaired) electrons. The van der Waals surface area contributed by atoms with E-state index < -0.39 is 5.97 Å². The van der Waals surface area contributed by atoms with Crippen LogP contribution in [0, 0.1) is 26.7 Å². The van der Waals surface area contributed by atoms with Crippen LogP contribution < -0.4 is 0 Å². The van der Waals surface area contributed by atoms with Crippen LogP contribution in [0.3, 0.4) is 0 Å². The molecular weight excluding hydrogens is 262 g/mol. The van der Waals surface area contributed by atoms with Crippen molar-refractivity contribution in [3.05, 3.63) is 46.6 Å². The lowest BCUT2D eigenvalue weighted by Gasteiger charge is -2.16. The van der Waals surface area contributed by atoms with Crippen LogP contribution in [0.15, 0.2) is 24.3 Å². The van der Waals surface area contributed by atoms with E-state index in [9.17, 15) is 9.90 Å². The Hall–Kier alpha value is -2.03. The molecule has 1 heterocycles. The molecule has 0 bridgehead atoms. The highest BCUT2D eigenvalue weighted by atomic mass is 16.4. The summed E-state index contributed by atoms with van der Waals surface area (Å²) < 4.78 is 2.13. The maximum atomic E-state index is 11.4. The third kappa shape index (κ3) is 3.02. The Morgan fingerprint density at radius 3 is 2.43 bits per heavy atom. The van der Waals surface area contributed by atoms with Crippen LogP contribution >= 0.6 is 0 Å². The molecule has 0 spiro atoms. The van der Waals surface area contributed by atoms with Crippen LogP contribution in [0.25, 0.3) is 11.3 Å². The Morgan fingerprint density at radius 2 is 1.86 bits per heavy atom. The second-order valence-electron chi connectivity index (χ2n) is 6.16. The van der Waals surface area contributed by atoms with Gasteiger partial charge in [-0.15, -0.1) is 0 Å². The first kappa shape index (κ1) is 15.4. The monoisotopic (exact) mass is 285 g/mol. The zero-order valence-corrected chi connectivity index (χ0v) is 13.4. The maximum absolute atomic E-state index is 11.4. The number of benzene rings is 1. The first-order valence-electron chi connectivity index (χ1n) is 7.32. The summed E-state index contributed by atoms with van der Waals surface area (Å²) in [4.78, 5) is 11.4. The number of carbonyl (C=O) groups is 1. The van der Waals surface area contributed by atoms with Gasteiger partial charge in [-0.2, -0.15) is 0 Å². The topological polar surface area (TPSA) is 42.2 Å². The summed E-state index contributed by atoms with van der Waals surface area (Å²) in [5.41, 5.74) is 5.69. The first-order chi connectivity index (χ1) is 9.81. The van der Waals surface area contributed by atoms with Gasteiger partial charge in [0.15, 0.2) is 0 Å². The van der Waals surface area contributed by atoms with Gasteiger partial charge in [0.05, 0.1) is 5.56 Å². The van der Waals surface area contributed by atoms with E-state index in [1.165, 1.54) is 11.1 Å². The Kier molecular flexibility index (Phi) is 4.21. The van der Waals surface area contributed by atoms with Gasteiger partial charge in [-0.1, -0.05) is 31.5 Å². The number of nitrogens with zero attached hydrogens (tertiary/aromatic N) is 1. The quantitative estimate of drug-likeness (QED) is 0.902. The van der Waals surface area contributed by atoms with E-state index in [0.717, 1.165) is 23.5 Å². The molecule has 0 saturated carbocycles. The van der Waals surface area contributed by atoms with E-state index in [-0.39, 0.29) is 0 Å². The molecule has 2 aromatic rings. The molecule has 2 rings (SSSR count). The van der Waals surface area contributed by atoms with E-state index in [1.54, 1.807) is 0 Å². The van der Waals surface area contributed by atoms with E-state index in [4.69, 9.17) is 0 Å². The molecule has 21 heavy (non-hydrogen) atoms. The molecule has 0 fully saturated rings. The molecule has 3 nitrogen and oxygen atoms in total. The maximum Gasteiger partial charge on any atom is 0.337 e. The van der Waals surface area contributed by atoms with Crippen molar-refractivity contribution in [2.45, 2.75) is 41.2 Å². The fraction of sp³-hybridized carbons (Fsp3) is 0.389. The van der Waals surface area contributed by atoms with E-state index in [1.807, 2.05) is 13.0 Å². The highest BCUT2D eigenvalue weighted by Gasteiger charge is 2.19. The fourth-order valence-corrected chi connectivity index (χ4v) is 2.70. The van der Waals surface area contributed by atoms with Crippen LogP contribution in [0.1, 0.15) is 41.0 Å². The minimum Gasteiger partial charge on any atom is -0.478 e. The van der Waals surface area contributed by atoms with Gasteiger partial charge in [0.25, 0.3) is 0 Å². The van der Waals surface area contributed by atoms with Crippen molar-refractivity contribution in [1.82, 2.24) is 4.57 Å². The van der Waals surface area contributed by atoms with E-state index >= 15 is 0 Å². The third-order valence-electron chi connectivity index (χ3n) is 3.81. The lowest BCUT2D eigenvalue weighted by atomic mass is 10.0. The van der Waals surface area contributed by atoms with Gasteiger partial charge >= 0.3 is 5.97 Å². The highest BCUT2D eigenvalue weighted by Crippen LogP contribution is 2.30. The Labute approximate surface area is 126 Å². The van der Waals surface area contributed by atoms with Crippen molar-refractivity contribution in [3.63, 3.8) is 0 Å². The third-order valence-corrected chi connectivity index (χ3v) is 3.81. The number of carboxylic acids is 1. The lowest BCUT2D eigenvalue weighted by Crippen LogP contribution is -2.09. The molecule has 1 N–H and O–H groups in total. The zero-order valence-electron chi connectivity index (χ0n) is 13.4. The molecule has 0 aliphatic carbocycles. The molecule has 1 aromatic heterocycles. The predicted octanol–water partition coefficient (Wildman–Crippen LogP) is 4.43. The summed E-state index contributed by atoms with van der Waals surface area (Å²) in [7, 11) is 0. The second kappa shape index (κ2) is 5.76. The molecular formula is C18H23NO2. The number of hydrogen-bond donors (Lipinski definition) is 1. The molecule has 0 unspecified atom stereocenters. The molecule has 0 amide bonds. The average Bonchev–Trinajstić information content (AvgIpc) is 2.70. The van der Waals surface area contributed by atoms with Gasteiger partial charge in [0.1, 0.15) is 0 Å². The molecule has 1 aromatic carbocycles. The predicted molar refractivity (Wildman–Crippen MR) is 85.9 cm³/mol. The SMILES string of the molecule is Cc1ccc(C)c(-c2cc(C(=O)O)c(C)n2CC(C)C)c1. The number of hydrogen-bond acceptors (Lipinski definition) is 1. The Morgan fingerprint density at radius 1 is 1.19 bits per heavy atom. The average molecular weight is 285 g/mol. The minimum absolute atomic E-state index is 0.395. The summed E-state index contributed by atoms with van der Waals surface area (Å²) in [6.07, 6.45) is 0. The van der Waals surface area contributed by atoms with Crippen molar-refractivity contribution in [3.8, 4) is 11.3 Å². The molecule has 0 saturated heterocycles. The van der Waals surface area contributed by atoms with Crippen molar-refractivity contribution >= 4 is 5.97 Å². The van der Waals surface area contributed by atoms with Crippen molar-refractivity contribution in [1.29, 1.82) is 0 Å². The summed E-state index contributed by atoms with van der Waals surface area (Å²) >= 11 is 0. The first-order valence-corrected chi connectivity index (χ1v) is 7.32. The van der Waals surface area contributed by atoms with Gasteiger partial charge in [0.2, 0.25) is 0 Å². The second-order valence-corrected chi connectivity index (χ2v) is 6.16. The van der Waals surface area contributed by atoms with Crippen molar-refractivity contribution < 1.29 is 9.90 Å². The minimum atomic E-state index is -0.860. The zero-order chi connectivity index (χ0) is 15.7. The van der Waals surface area contributed by atoms with Gasteiger partial charge in [-0.3, -0.25) is 0 Å². The van der Waals surface area contributed by atoms with Crippen molar-refractivity contribution in [2.24, 2.45) is 5.92 Å². The molecule has 0 atom stereocenters. The molecule has 3 heteroatoms. The van der Waals surface area contributed by atoms with Crippen molar-refractivity contribution in [2.75, 3.05) is 0 Å². The summed E-state index contributed by atoms with van der Waals surface area (Å²) in [5, 5.41) is 9.40. The molecule has 0 aliphatic heterocycles. The Bertz CT molecular complexity index is 681. The van der Waals surface area contributed by atoms with E-state index in [0.29, 0.717) is 11.5 Å². The van der Waals surface area contributed by atoms with Crippen LogP contribution in [0.5, 0.6) is 0 Å². The lowest BCUT2D eigenvalue weighted by molar-refractivity contribution is 0.0696. The van der Waals surface area contributed by atoms with Crippen LogP contribution in [-0.4, -0.2) is 15.6 Å². The smallest absolute Gasteiger partial charge is 0.337 e. The summed E-state index contributed by atoms with van der Waals surface area (Å²) in [6.45, 7) is 11.1. The number of rotatable bonds is 4. The number of carboxylic acid groups (broad SMARTS) is 1. The van der Waals surface area contributed by atoms with Gasteiger partial charge < -0.3 is 9.67 Å². The van der Waals surface area contributed by atoms with Crippen LogP contribution in [0.4, 0.5) is 0 Å². The van der Waals surface area contributed by atoms with Crippen LogP contribution in [-0.2, 0) is 6.54 Å². The van der Waals surface area contributed by atoms with Crippen LogP contribution in [0.2, 0.25) is 0 Å². The number of aryl methyl sites for hydroxylation is 2. The summed E-state index contributed by atoms with van der Waals surface area (Å²) in [5.74, 6) is -0.400. The summed E-state index contributed by atoms with van der Waals surface area (Å²) in [6, 6.07) is 8.11. The normalized spacial score (nSPS) is 11.1. The largest absolute Gasteiger partial charge is 0.478 e. The molecule has 112 valence electrons. The van der Waals surface area contributed by atoms with Gasteiger partial charge in [-0.25, -0.2) is 4.79 Å². The fourth-order valence-electron chi connectivity index (χ4n) is 2.70.